The van der Waals surface area contributed by atoms with E-state index in [0.717, 1.165) is 18.2 Å². The standard InChI is InChI=1S/C13H17N3O2/c17-16(18)12-3-1-11(2-4-12)14-13-9-15-7-5-10(13)6-8-15/h1-4,10,13-14H,5-9H2. The molecule has 0 aliphatic carbocycles. The lowest BCUT2D eigenvalue weighted by atomic mass is 9.84. The van der Waals surface area contributed by atoms with Gasteiger partial charge in [0.05, 0.1) is 4.92 Å². The first kappa shape index (κ1) is 11.5. The summed E-state index contributed by atoms with van der Waals surface area (Å²) >= 11 is 0. The van der Waals surface area contributed by atoms with Crippen LogP contribution in [0.15, 0.2) is 24.3 Å². The van der Waals surface area contributed by atoms with Crippen LogP contribution in [0.5, 0.6) is 0 Å². The zero-order valence-electron chi connectivity index (χ0n) is 10.2. The first-order chi connectivity index (χ1) is 8.72. The fourth-order valence-corrected chi connectivity index (χ4v) is 3.02. The van der Waals surface area contributed by atoms with E-state index >= 15 is 0 Å². The lowest BCUT2D eigenvalue weighted by Gasteiger charge is -2.45. The van der Waals surface area contributed by atoms with E-state index in [0.29, 0.717) is 6.04 Å². The number of nitrogens with one attached hydrogen (secondary N) is 1. The molecule has 4 rings (SSSR count). The van der Waals surface area contributed by atoms with Gasteiger partial charge in [0.15, 0.2) is 0 Å². The van der Waals surface area contributed by atoms with Crippen molar-refractivity contribution >= 4 is 11.4 Å². The maximum absolute atomic E-state index is 10.6. The molecule has 3 heterocycles. The Balaban J connectivity index is 1.67. The molecular weight excluding hydrogens is 230 g/mol. The molecular formula is C13H17N3O2. The van der Waals surface area contributed by atoms with Crippen molar-refractivity contribution in [2.24, 2.45) is 5.92 Å². The Morgan fingerprint density at radius 3 is 2.39 bits per heavy atom. The highest BCUT2D eigenvalue weighted by Crippen LogP contribution is 2.30. The van der Waals surface area contributed by atoms with E-state index in [2.05, 4.69) is 10.2 Å². The van der Waals surface area contributed by atoms with Crippen molar-refractivity contribution in [1.29, 1.82) is 0 Å². The second-order valence-corrected chi connectivity index (χ2v) is 5.19. The third-order valence-electron chi connectivity index (χ3n) is 4.09. The second-order valence-electron chi connectivity index (χ2n) is 5.19. The van der Waals surface area contributed by atoms with Gasteiger partial charge in [-0.3, -0.25) is 10.1 Å². The van der Waals surface area contributed by atoms with Crippen LogP contribution in [0.4, 0.5) is 11.4 Å². The van der Waals surface area contributed by atoms with Gasteiger partial charge < -0.3 is 10.2 Å². The highest BCUT2D eigenvalue weighted by atomic mass is 16.6. The quantitative estimate of drug-likeness (QED) is 0.656. The SMILES string of the molecule is O=[N+]([O-])c1ccc(NC2CN3CCC2CC3)cc1. The molecule has 0 radical (unpaired) electrons. The minimum absolute atomic E-state index is 0.148. The number of fused-ring (bicyclic) bond motifs is 3. The molecule has 5 nitrogen and oxygen atoms in total. The molecule has 0 amide bonds. The molecule has 0 aromatic heterocycles. The van der Waals surface area contributed by atoms with Gasteiger partial charge in [-0.1, -0.05) is 0 Å². The number of hydrogen-bond acceptors (Lipinski definition) is 4. The van der Waals surface area contributed by atoms with Crippen LogP contribution in [0, 0.1) is 16.0 Å². The van der Waals surface area contributed by atoms with Crippen molar-refractivity contribution in [2.75, 3.05) is 25.0 Å². The third-order valence-corrected chi connectivity index (χ3v) is 4.09. The van der Waals surface area contributed by atoms with E-state index in [1.807, 2.05) is 0 Å². The number of piperidine rings is 3. The molecule has 5 heteroatoms. The van der Waals surface area contributed by atoms with Crippen LogP contribution < -0.4 is 5.32 Å². The average molecular weight is 247 g/mol. The molecule has 18 heavy (non-hydrogen) atoms. The van der Waals surface area contributed by atoms with Crippen molar-refractivity contribution in [1.82, 2.24) is 4.90 Å². The number of hydrogen-bond donors (Lipinski definition) is 1. The molecule has 3 aliphatic heterocycles. The molecule has 1 aromatic rings. The molecule has 1 unspecified atom stereocenters. The predicted molar refractivity (Wildman–Crippen MR) is 69.7 cm³/mol. The number of rotatable bonds is 3. The summed E-state index contributed by atoms with van der Waals surface area (Å²) in [5, 5.41) is 14.1. The second kappa shape index (κ2) is 4.57. The van der Waals surface area contributed by atoms with Gasteiger partial charge in [0, 0.05) is 30.4 Å². The van der Waals surface area contributed by atoms with Gasteiger partial charge in [-0.15, -0.1) is 0 Å². The van der Waals surface area contributed by atoms with Crippen molar-refractivity contribution in [3.63, 3.8) is 0 Å². The van der Waals surface area contributed by atoms with Gasteiger partial charge in [0.1, 0.15) is 0 Å². The highest BCUT2D eigenvalue weighted by Gasteiger charge is 2.33. The van der Waals surface area contributed by atoms with Crippen molar-refractivity contribution in [3.8, 4) is 0 Å². The zero-order chi connectivity index (χ0) is 12.5. The Bertz CT molecular complexity index is 438. The van der Waals surface area contributed by atoms with Gasteiger partial charge in [-0.2, -0.15) is 0 Å². The molecule has 1 N–H and O–H groups in total. The first-order valence-electron chi connectivity index (χ1n) is 6.46. The Morgan fingerprint density at radius 1 is 1.22 bits per heavy atom. The van der Waals surface area contributed by atoms with Crippen molar-refractivity contribution < 1.29 is 4.92 Å². The van der Waals surface area contributed by atoms with E-state index in [9.17, 15) is 10.1 Å². The summed E-state index contributed by atoms with van der Waals surface area (Å²) in [6.45, 7) is 3.55. The van der Waals surface area contributed by atoms with Crippen LogP contribution in [0.2, 0.25) is 0 Å². The molecule has 3 saturated heterocycles. The lowest BCUT2D eigenvalue weighted by molar-refractivity contribution is -0.384. The number of benzene rings is 1. The minimum Gasteiger partial charge on any atom is -0.381 e. The zero-order valence-corrected chi connectivity index (χ0v) is 10.2. The Morgan fingerprint density at radius 2 is 1.89 bits per heavy atom. The molecule has 0 saturated carbocycles. The lowest BCUT2D eigenvalue weighted by Crippen LogP contribution is -2.53. The Labute approximate surface area is 106 Å². The van der Waals surface area contributed by atoms with E-state index in [4.69, 9.17) is 0 Å². The maximum atomic E-state index is 10.6. The molecule has 3 fully saturated rings. The number of anilines is 1. The fraction of sp³-hybridized carbons (Fsp3) is 0.538. The predicted octanol–water partition coefficient (Wildman–Crippen LogP) is 2.10. The number of nitro benzene ring substituents is 1. The molecule has 1 atom stereocenters. The van der Waals surface area contributed by atoms with Gasteiger partial charge in [0.2, 0.25) is 0 Å². The summed E-state index contributed by atoms with van der Waals surface area (Å²) in [5.74, 6) is 0.755. The highest BCUT2D eigenvalue weighted by molar-refractivity contribution is 5.49. The average Bonchev–Trinajstić information content (AvgIpc) is 2.41. The summed E-state index contributed by atoms with van der Waals surface area (Å²) in [7, 11) is 0. The monoisotopic (exact) mass is 247 g/mol. The minimum atomic E-state index is -0.363. The van der Waals surface area contributed by atoms with Crippen LogP contribution in [-0.2, 0) is 0 Å². The van der Waals surface area contributed by atoms with Crippen LogP contribution in [-0.4, -0.2) is 35.5 Å². The fourth-order valence-electron chi connectivity index (χ4n) is 3.02. The number of nitrogens with zero attached hydrogens (tertiary/aromatic N) is 2. The smallest absolute Gasteiger partial charge is 0.269 e. The van der Waals surface area contributed by atoms with Gasteiger partial charge in [-0.25, -0.2) is 0 Å². The van der Waals surface area contributed by atoms with Crippen LogP contribution in [0.3, 0.4) is 0 Å². The van der Waals surface area contributed by atoms with Crippen molar-refractivity contribution in [2.45, 2.75) is 18.9 Å². The molecule has 3 aliphatic rings. The van der Waals surface area contributed by atoms with Crippen LogP contribution >= 0.6 is 0 Å². The molecule has 0 spiro atoms. The summed E-state index contributed by atoms with van der Waals surface area (Å²) in [5.41, 5.74) is 1.13. The summed E-state index contributed by atoms with van der Waals surface area (Å²) in [6.07, 6.45) is 2.54. The topological polar surface area (TPSA) is 58.4 Å². The van der Waals surface area contributed by atoms with Gasteiger partial charge in [0.25, 0.3) is 5.69 Å². The third kappa shape index (κ3) is 2.18. The summed E-state index contributed by atoms with van der Waals surface area (Å²) in [4.78, 5) is 12.7. The van der Waals surface area contributed by atoms with E-state index < -0.39 is 0 Å². The van der Waals surface area contributed by atoms with Gasteiger partial charge >= 0.3 is 0 Å². The number of non-ortho nitro benzene ring substituents is 1. The summed E-state index contributed by atoms with van der Waals surface area (Å²) in [6, 6.07) is 7.22. The van der Waals surface area contributed by atoms with E-state index in [-0.39, 0.29) is 10.6 Å². The molecule has 96 valence electrons. The molecule has 2 bridgehead atoms. The van der Waals surface area contributed by atoms with Crippen molar-refractivity contribution in [3.05, 3.63) is 34.4 Å². The van der Waals surface area contributed by atoms with Gasteiger partial charge in [-0.05, 0) is 44.0 Å². The van der Waals surface area contributed by atoms with E-state index in [1.54, 1.807) is 24.3 Å². The van der Waals surface area contributed by atoms with Crippen LogP contribution in [0.1, 0.15) is 12.8 Å². The van der Waals surface area contributed by atoms with Crippen LogP contribution in [0.25, 0.3) is 0 Å². The normalized spacial score (nSPS) is 30.1. The first-order valence-corrected chi connectivity index (χ1v) is 6.46. The molecule has 1 aromatic carbocycles. The van der Waals surface area contributed by atoms with E-state index in [1.165, 1.54) is 25.9 Å². The maximum Gasteiger partial charge on any atom is 0.269 e. The Kier molecular flexibility index (Phi) is 2.91. The largest absolute Gasteiger partial charge is 0.381 e. The Hall–Kier alpha value is -1.62. The summed E-state index contributed by atoms with van der Waals surface area (Å²) < 4.78 is 0. The number of nitro groups is 1.